The lowest BCUT2D eigenvalue weighted by Gasteiger charge is -2.40. The molecule has 0 aliphatic carbocycles. The number of piperidine rings is 1. The van der Waals surface area contributed by atoms with E-state index in [1.54, 1.807) is 0 Å². The quantitative estimate of drug-likeness (QED) is 0.812. The van der Waals surface area contributed by atoms with Gasteiger partial charge in [-0.3, -0.25) is 9.58 Å². The molecule has 1 saturated heterocycles. The largest absolute Gasteiger partial charge is 0.336 e. The molecule has 6 heteroatoms. The molecule has 1 fully saturated rings. The Labute approximate surface area is 138 Å². The standard InChI is InChI=1S/C17H28N6/c1-20(9-10-23-8-6-18-14-23)12-15-5-4-7-21(2)17(15)16-11-19-22(3)13-16/h6,8,11,13-15,17H,4-5,7,9-10,12H2,1-3H3/t15-,17+/m0/s1. The maximum atomic E-state index is 4.38. The highest BCUT2D eigenvalue weighted by Crippen LogP contribution is 2.35. The van der Waals surface area contributed by atoms with Crippen LogP contribution in [0.1, 0.15) is 24.4 Å². The predicted molar refractivity (Wildman–Crippen MR) is 91.0 cm³/mol. The number of aryl methyl sites for hydroxylation is 1. The van der Waals surface area contributed by atoms with Crippen LogP contribution in [0.2, 0.25) is 0 Å². The van der Waals surface area contributed by atoms with Crippen LogP contribution in [-0.4, -0.2) is 62.9 Å². The third-order valence-corrected chi connectivity index (χ3v) is 4.92. The minimum atomic E-state index is 0.480. The van der Waals surface area contributed by atoms with Gasteiger partial charge in [-0.25, -0.2) is 4.98 Å². The van der Waals surface area contributed by atoms with Gasteiger partial charge >= 0.3 is 0 Å². The van der Waals surface area contributed by atoms with Crippen LogP contribution in [0.3, 0.4) is 0 Å². The molecule has 3 rings (SSSR count). The maximum absolute atomic E-state index is 4.38. The highest BCUT2D eigenvalue weighted by atomic mass is 15.3. The molecule has 0 aromatic carbocycles. The lowest BCUT2D eigenvalue weighted by molar-refractivity contribution is 0.0934. The van der Waals surface area contributed by atoms with E-state index in [4.69, 9.17) is 0 Å². The van der Waals surface area contributed by atoms with Crippen molar-refractivity contribution in [1.82, 2.24) is 29.1 Å². The fourth-order valence-corrected chi connectivity index (χ4v) is 3.77. The van der Waals surface area contributed by atoms with Gasteiger partial charge < -0.3 is 9.47 Å². The predicted octanol–water partition coefficient (Wildman–Crippen LogP) is 1.63. The van der Waals surface area contributed by atoms with Gasteiger partial charge in [-0.2, -0.15) is 5.10 Å². The molecule has 0 bridgehead atoms. The number of imidazole rings is 1. The van der Waals surface area contributed by atoms with Gasteiger partial charge in [-0.1, -0.05) is 0 Å². The van der Waals surface area contributed by atoms with E-state index < -0.39 is 0 Å². The smallest absolute Gasteiger partial charge is 0.0946 e. The van der Waals surface area contributed by atoms with Crippen LogP contribution in [-0.2, 0) is 13.6 Å². The van der Waals surface area contributed by atoms with Crippen molar-refractivity contribution >= 4 is 0 Å². The van der Waals surface area contributed by atoms with Gasteiger partial charge in [0.2, 0.25) is 0 Å². The molecule has 3 heterocycles. The Kier molecular flexibility index (Phi) is 5.13. The lowest BCUT2D eigenvalue weighted by atomic mass is 9.86. The Balaban J connectivity index is 1.61. The first-order chi connectivity index (χ1) is 11.1. The van der Waals surface area contributed by atoms with Crippen LogP contribution in [0.15, 0.2) is 31.1 Å². The summed E-state index contributed by atoms with van der Waals surface area (Å²) in [6, 6.07) is 0.480. The molecule has 0 saturated carbocycles. The first-order valence-corrected chi connectivity index (χ1v) is 8.46. The summed E-state index contributed by atoms with van der Waals surface area (Å²) in [5, 5.41) is 4.38. The molecule has 6 nitrogen and oxygen atoms in total. The van der Waals surface area contributed by atoms with Crippen molar-refractivity contribution in [2.45, 2.75) is 25.4 Å². The van der Waals surface area contributed by atoms with Gasteiger partial charge in [0.1, 0.15) is 0 Å². The molecule has 0 spiro atoms. The fraction of sp³-hybridized carbons (Fsp3) is 0.647. The van der Waals surface area contributed by atoms with Gasteiger partial charge in [-0.05, 0) is 39.4 Å². The summed E-state index contributed by atoms with van der Waals surface area (Å²) in [6.45, 7) is 4.35. The molecule has 0 N–H and O–H groups in total. The summed E-state index contributed by atoms with van der Waals surface area (Å²) in [6.07, 6.45) is 12.5. The zero-order valence-electron chi connectivity index (χ0n) is 14.5. The van der Waals surface area contributed by atoms with Crippen LogP contribution in [0.25, 0.3) is 0 Å². The van der Waals surface area contributed by atoms with Crippen molar-refractivity contribution in [3.63, 3.8) is 0 Å². The first-order valence-electron chi connectivity index (χ1n) is 8.46. The Bertz CT molecular complexity index is 590. The molecule has 23 heavy (non-hydrogen) atoms. The first kappa shape index (κ1) is 16.2. The second kappa shape index (κ2) is 7.27. The van der Waals surface area contributed by atoms with Crippen molar-refractivity contribution in [3.05, 3.63) is 36.7 Å². The van der Waals surface area contributed by atoms with Gasteiger partial charge in [0.15, 0.2) is 0 Å². The van der Waals surface area contributed by atoms with E-state index in [2.05, 4.69) is 44.7 Å². The normalized spacial score (nSPS) is 22.8. The van der Waals surface area contributed by atoms with E-state index in [9.17, 15) is 0 Å². The average Bonchev–Trinajstić information content (AvgIpc) is 3.17. The van der Waals surface area contributed by atoms with Gasteiger partial charge in [0, 0.05) is 56.9 Å². The van der Waals surface area contributed by atoms with Crippen molar-refractivity contribution in [3.8, 4) is 0 Å². The molecule has 2 aromatic rings. The van der Waals surface area contributed by atoms with E-state index >= 15 is 0 Å². The highest BCUT2D eigenvalue weighted by molar-refractivity contribution is 5.13. The molecule has 0 unspecified atom stereocenters. The highest BCUT2D eigenvalue weighted by Gasteiger charge is 2.31. The molecule has 1 aliphatic heterocycles. The van der Waals surface area contributed by atoms with Gasteiger partial charge in [0.05, 0.1) is 12.5 Å². The second-order valence-electron chi connectivity index (χ2n) is 6.84. The van der Waals surface area contributed by atoms with E-state index in [0.717, 1.165) is 19.6 Å². The van der Waals surface area contributed by atoms with Crippen molar-refractivity contribution in [2.75, 3.05) is 33.7 Å². The third-order valence-electron chi connectivity index (χ3n) is 4.92. The van der Waals surface area contributed by atoms with Crippen molar-refractivity contribution in [2.24, 2.45) is 13.0 Å². The second-order valence-corrected chi connectivity index (χ2v) is 6.84. The molecule has 126 valence electrons. The van der Waals surface area contributed by atoms with E-state index in [-0.39, 0.29) is 0 Å². The van der Waals surface area contributed by atoms with Gasteiger partial charge in [0.25, 0.3) is 0 Å². The number of nitrogens with zero attached hydrogens (tertiary/aromatic N) is 6. The van der Waals surface area contributed by atoms with Crippen LogP contribution in [0, 0.1) is 5.92 Å². The number of aromatic nitrogens is 4. The zero-order chi connectivity index (χ0) is 16.2. The molecular formula is C17H28N6. The maximum Gasteiger partial charge on any atom is 0.0946 e. The van der Waals surface area contributed by atoms with E-state index in [0.29, 0.717) is 12.0 Å². The number of hydrogen-bond acceptors (Lipinski definition) is 4. The zero-order valence-corrected chi connectivity index (χ0v) is 14.5. The number of rotatable bonds is 6. The molecule has 2 atom stereocenters. The minimum Gasteiger partial charge on any atom is -0.336 e. The van der Waals surface area contributed by atoms with Crippen LogP contribution < -0.4 is 0 Å². The summed E-state index contributed by atoms with van der Waals surface area (Å²) in [4.78, 5) is 9.05. The Morgan fingerprint density at radius 3 is 2.91 bits per heavy atom. The molecule has 1 aliphatic rings. The monoisotopic (exact) mass is 316 g/mol. The van der Waals surface area contributed by atoms with E-state index in [1.165, 1.54) is 24.9 Å². The van der Waals surface area contributed by atoms with Crippen molar-refractivity contribution in [1.29, 1.82) is 0 Å². The minimum absolute atomic E-state index is 0.480. The molecule has 0 radical (unpaired) electrons. The number of likely N-dealkylation sites (tertiary alicyclic amines) is 1. The topological polar surface area (TPSA) is 42.1 Å². The Morgan fingerprint density at radius 2 is 2.22 bits per heavy atom. The molecule has 0 amide bonds. The average molecular weight is 316 g/mol. The van der Waals surface area contributed by atoms with Crippen LogP contribution >= 0.6 is 0 Å². The summed E-state index contributed by atoms with van der Waals surface area (Å²) in [5.74, 6) is 0.658. The van der Waals surface area contributed by atoms with Crippen LogP contribution in [0.4, 0.5) is 0 Å². The number of likely N-dealkylation sites (N-methyl/N-ethyl adjacent to an activating group) is 1. The fourth-order valence-electron chi connectivity index (χ4n) is 3.77. The summed E-state index contributed by atoms with van der Waals surface area (Å²) >= 11 is 0. The Morgan fingerprint density at radius 1 is 1.35 bits per heavy atom. The Hall–Kier alpha value is -1.66. The third kappa shape index (κ3) is 4.00. The molecular weight excluding hydrogens is 288 g/mol. The summed E-state index contributed by atoms with van der Waals surface area (Å²) < 4.78 is 4.06. The summed E-state index contributed by atoms with van der Waals surface area (Å²) in [5.41, 5.74) is 1.35. The van der Waals surface area contributed by atoms with Gasteiger partial charge in [-0.15, -0.1) is 0 Å². The lowest BCUT2D eigenvalue weighted by Crippen LogP contribution is -2.41. The molecule has 2 aromatic heterocycles. The summed E-state index contributed by atoms with van der Waals surface area (Å²) in [7, 11) is 6.47. The SMILES string of the molecule is CN(CCn1ccnc1)C[C@@H]1CCCN(C)[C@H]1c1cnn(C)c1. The number of hydrogen-bond donors (Lipinski definition) is 0. The van der Waals surface area contributed by atoms with Crippen LogP contribution in [0.5, 0.6) is 0 Å². The van der Waals surface area contributed by atoms with Crippen molar-refractivity contribution < 1.29 is 0 Å². The van der Waals surface area contributed by atoms with E-state index in [1.807, 2.05) is 36.6 Å².